The zero-order chi connectivity index (χ0) is 19.6. The lowest BCUT2D eigenvalue weighted by molar-refractivity contribution is 0.0937. The van der Waals surface area contributed by atoms with Crippen LogP contribution in [-0.2, 0) is 17.6 Å². The minimum Gasteiger partial charge on any atom is -0.453 e. The van der Waals surface area contributed by atoms with E-state index in [1.807, 2.05) is 0 Å². The Balaban J connectivity index is 1.93. The van der Waals surface area contributed by atoms with Crippen molar-refractivity contribution in [1.29, 1.82) is 0 Å². The molecule has 3 rings (SSSR count). The van der Waals surface area contributed by atoms with E-state index >= 15 is 0 Å². The van der Waals surface area contributed by atoms with Crippen molar-refractivity contribution in [2.75, 3.05) is 12.4 Å². The number of benzene rings is 1. The van der Waals surface area contributed by atoms with E-state index in [4.69, 9.17) is 11.6 Å². The summed E-state index contributed by atoms with van der Waals surface area (Å²) in [7, 11) is 1.19. The molecule has 0 saturated heterocycles. The molecule has 2 N–H and O–H groups in total. The van der Waals surface area contributed by atoms with Gasteiger partial charge in [-0.1, -0.05) is 18.5 Å². The second-order valence-electron chi connectivity index (χ2n) is 6.46. The van der Waals surface area contributed by atoms with Gasteiger partial charge in [-0.2, -0.15) is 0 Å². The Morgan fingerprint density at radius 2 is 1.89 bits per heavy atom. The Morgan fingerprint density at radius 3 is 2.56 bits per heavy atom. The molecule has 8 heteroatoms. The standard InChI is InChI=1S/C19H19ClN2O4S/c1-10-3-8-13-14(9-10)27-18(15(13)17(24)22-19(25)26-2)21-16(23)11-4-6-12(20)7-5-11/h4-7,10H,3,8-9H2,1-2H3,(H,21,23)(H,22,24,25)/t10-/m1/s1. The largest absolute Gasteiger partial charge is 0.453 e. The molecular formula is C19H19ClN2O4S. The minimum atomic E-state index is -0.834. The molecule has 1 heterocycles. The maximum Gasteiger partial charge on any atom is 0.413 e. The van der Waals surface area contributed by atoms with Gasteiger partial charge in [-0.15, -0.1) is 11.3 Å². The van der Waals surface area contributed by atoms with Gasteiger partial charge in [-0.05, 0) is 55.0 Å². The monoisotopic (exact) mass is 406 g/mol. The fraction of sp³-hybridized carbons (Fsp3) is 0.316. The average molecular weight is 407 g/mol. The zero-order valence-electron chi connectivity index (χ0n) is 14.9. The van der Waals surface area contributed by atoms with Crippen LogP contribution in [0.1, 0.15) is 44.5 Å². The van der Waals surface area contributed by atoms with Gasteiger partial charge in [0, 0.05) is 15.5 Å². The number of anilines is 1. The number of nitrogens with one attached hydrogen (secondary N) is 2. The summed E-state index contributed by atoms with van der Waals surface area (Å²) >= 11 is 7.25. The van der Waals surface area contributed by atoms with Gasteiger partial charge in [0.25, 0.3) is 11.8 Å². The van der Waals surface area contributed by atoms with Crippen molar-refractivity contribution in [2.45, 2.75) is 26.2 Å². The Kier molecular flexibility index (Phi) is 5.82. The third kappa shape index (κ3) is 4.31. The molecule has 6 nitrogen and oxygen atoms in total. The first-order valence-corrected chi connectivity index (χ1v) is 9.69. The smallest absolute Gasteiger partial charge is 0.413 e. The molecule has 1 aromatic heterocycles. The van der Waals surface area contributed by atoms with Crippen molar-refractivity contribution in [2.24, 2.45) is 5.92 Å². The van der Waals surface area contributed by atoms with Gasteiger partial charge in [0.1, 0.15) is 5.00 Å². The van der Waals surface area contributed by atoms with Crippen LogP contribution in [0.25, 0.3) is 0 Å². The molecule has 0 saturated carbocycles. The van der Waals surface area contributed by atoms with Crippen molar-refractivity contribution in [3.05, 3.63) is 50.9 Å². The number of imide groups is 1. The molecule has 0 bridgehead atoms. The lowest BCUT2D eigenvalue weighted by Crippen LogP contribution is -2.31. The Morgan fingerprint density at radius 1 is 1.19 bits per heavy atom. The van der Waals surface area contributed by atoms with E-state index in [2.05, 4.69) is 22.3 Å². The van der Waals surface area contributed by atoms with E-state index in [0.29, 0.717) is 27.1 Å². The van der Waals surface area contributed by atoms with Gasteiger partial charge < -0.3 is 10.1 Å². The van der Waals surface area contributed by atoms with Gasteiger partial charge in [0.2, 0.25) is 0 Å². The van der Waals surface area contributed by atoms with Crippen molar-refractivity contribution in [3.63, 3.8) is 0 Å². The third-order valence-electron chi connectivity index (χ3n) is 4.47. The van der Waals surface area contributed by atoms with Crippen LogP contribution < -0.4 is 10.6 Å². The first kappa shape index (κ1) is 19.4. The number of ether oxygens (including phenoxy) is 1. The number of thiophene rings is 1. The van der Waals surface area contributed by atoms with E-state index in [0.717, 1.165) is 29.7 Å². The van der Waals surface area contributed by atoms with E-state index in [1.54, 1.807) is 24.3 Å². The van der Waals surface area contributed by atoms with E-state index < -0.39 is 12.0 Å². The number of hydrogen-bond donors (Lipinski definition) is 2. The van der Waals surface area contributed by atoms with Crippen molar-refractivity contribution >= 4 is 45.8 Å². The summed E-state index contributed by atoms with van der Waals surface area (Å²) in [6, 6.07) is 6.48. The topological polar surface area (TPSA) is 84.5 Å². The van der Waals surface area contributed by atoms with Crippen LogP contribution in [0.15, 0.2) is 24.3 Å². The number of methoxy groups -OCH3 is 1. The molecular weight excluding hydrogens is 388 g/mol. The van der Waals surface area contributed by atoms with Crippen LogP contribution in [0.4, 0.5) is 9.80 Å². The number of alkyl carbamates (subject to hydrolysis) is 1. The van der Waals surface area contributed by atoms with Crippen molar-refractivity contribution < 1.29 is 19.1 Å². The fourth-order valence-corrected chi connectivity index (χ4v) is 4.59. The lowest BCUT2D eigenvalue weighted by Gasteiger charge is -2.18. The van der Waals surface area contributed by atoms with Gasteiger partial charge in [0.05, 0.1) is 12.7 Å². The summed E-state index contributed by atoms with van der Waals surface area (Å²) in [5.41, 5.74) is 1.67. The number of carbonyl (C=O) groups excluding carboxylic acids is 3. The number of fused-ring (bicyclic) bond motifs is 1. The molecule has 2 aromatic rings. The first-order chi connectivity index (χ1) is 12.9. The normalized spacial score (nSPS) is 15.6. The molecule has 3 amide bonds. The van der Waals surface area contributed by atoms with Crippen LogP contribution in [-0.4, -0.2) is 25.0 Å². The Bertz CT molecular complexity index is 892. The summed E-state index contributed by atoms with van der Waals surface area (Å²) < 4.78 is 4.51. The van der Waals surface area contributed by atoms with E-state index in [1.165, 1.54) is 18.4 Å². The van der Waals surface area contributed by atoms with Gasteiger partial charge in [0.15, 0.2) is 0 Å². The highest BCUT2D eigenvalue weighted by molar-refractivity contribution is 7.17. The molecule has 0 unspecified atom stereocenters. The molecule has 1 aliphatic rings. The maximum absolute atomic E-state index is 12.6. The first-order valence-electron chi connectivity index (χ1n) is 8.49. The SMILES string of the molecule is COC(=O)NC(=O)c1c(NC(=O)c2ccc(Cl)cc2)sc2c1CC[C@@H](C)C2. The van der Waals surface area contributed by atoms with Crippen LogP contribution >= 0.6 is 22.9 Å². The van der Waals surface area contributed by atoms with Crippen molar-refractivity contribution in [3.8, 4) is 0 Å². The molecule has 0 spiro atoms. The number of carbonyl (C=O) groups is 3. The number of hydrogen-bond acceptors (Lipinski definition) is 5. The average Bonchev–Trinajstić information content (AvgIpc) is 2.98. The van der Waals surface area contributed by atoms with Crippen LogP contribution in [0, 0.1) is 5.92 Å². The van der Waals surface area contributed by atoms with Crippen LogP contribution in [0.2, 0.25) is 5.02 Å². The molecule has 142 valence electrons. The van der Waals surface area contributed by atoms with Crippen LogP contribution in [0.5, 0.6) is 0 Å². The molecule has 0 radical (unpaired) electrons. The summed E-state index contributed by atoms with van der Waals surface area (Å²) in [6.45, 7) is 2.16. The summed E-state index contributed by atoms with van der Waals surface area (Å²) in [4.78, 5) is 37.8. The molecule has 1 aliphatic carbocycles. The van der Waals surface area contributed by atoms with Gasteiger partial charge in [-0.25, -0.2) is 4.79 Å². The Hall–Kier alpha value is -2.38. The third-order valence-corrected chi connectivity index (χ3v) is 5.89. The predicted octanol–water partition coefficient (Wildman–Crippen LogP) is 4.27. The minimum absolute atomic E-state index is 0.342. The van der Waals surface area contributed by atoms with E-state index in [9.17, 15) is 14.4 Å². The highest BCUT2D eigenvalue weighted by atomic mass is 35.5. The van der Waals surface area contributed by atoms with Crippen LogP contribution in [0.3, 0.4) is 0 Å². The summed E-state index contributed by atoms with van der Waals surface area (Å²) in [5.74, 6) is -0.404. The predicted molar refractivity (Wildman–Crippen MR) is 105 cm³/mol. The highest BCUT2D eigenvalue weighted by Gasteiger charge is 2.29. The quantitative estimate of drug-likeness (QED) is 0.796. The Labute approximate surface area is 165 Å². The number of halogens is 1. The summed E-state index contributed by atoms with van der Waals surface area (Å²) in [6.07, 6.45) is 1.69. The van der Waals surface area contributed by atoms with Gasteiger partial charge >= 0.3 is 6.09 Å². The molecule has 1 aromatic carbocycles. The molecule has 0 fully saturated rings. The highest BCUT2D eigenvalue weighted by Crippen LogP contribution is 2.39. The van der Waals surface area contributed by atoms with E-state index in [-0.39, 0.29) is 5.91 Å². The number of amides is 3. The molecule has 27 heavy (non-hydrogen) atoms. The summed E-state index contributed by atoms with van der Waals surface area (Å²) in [5, 5.41) is 5.98. The van der Waals surface area contributed by atoms with Gasteiger partial charge in [-0.3, -0.25) is 14.9 Å². The van der Waals surface area contributed by atoms with Crippen molar-refractivity contribution in [1.82, 2.24) is 5.32 Å². The second kappa shape index (κ2) is 8.10. The molecule has 1 atom stereocenters. The lowest BCUT2D eigenvalue weighted by atomic mass is 9.88. The molecule has 0 aliphatic heterocycles. The number of rotatable bonds is 3. The zero-order valence-corrected chi connectivity index (χ0v) is 16.5. The second-order valence-corrected chi connectivity index (χ2v) is 8.00. The maximum atomic E-state index is 12.6. The fourth-order valence-electron chi connectivity index (χ4n) is 3.06.